The molecule has 0 bridgehead atoms. The average Bonchev–Trinajstić information content (AvgIpc) is 2.43. The van der Waals surface area contributed by atoms with Gasteiger partial charge in [0.15, 0.2) is 0 Å². The molecule has 1 saturated carbocycles. The molecule has 0 atom stereocenters. The molecule has 1 heterocycles. The van der Waals surface area contributed by atoms with Gasteiger partial charge in [-0.3, -0.25) is 4.98 Å². The Labute approximate surface area is 111 Å². The van der Waals surface area contributed by atoms with Gasteiger partial charge in [-0.1, -0.05) is 19.9 Å². The van der Waals surface area contributed by atoms with Crippen LogP contribution in [-0.4, -0.2) is 18.1 Å². The van der Waals surface area contributed by atoms with Crippen LogP contribution in [0.15, 0.2) is 24.5 Å². The molecule has 2 nitrogen and oxygen atoms in total. The molecule has 0 aliphatic heterocycles. The number of hydrogen-bond donors (Lipinski definition) is 1. The summed E-state index contributed by atoms with van der Waals surface area (Å²) in [6.07, 6.45) is 10.5. The highest BCUT2D eigenvalue weighted by Crippen LogP contribution is 2.40. The lowest BCUT2D eigenvalue weighted by molar-refractivity contribution is 0.233. The van der Waals surface area contributed by atoms with Crippen LogP contribution in [0.2, 0.25) is 0 Å². The summed E-state index contributed by atoms with van der Waals surface area (Å²) in [5.74, 6) is 0.890. The first-order valence-corrected chi connectivity index (χ1v) is 7.38. The summed E-state index contributed by atoms with van der Waals surface area (Å²) in [6, 6.07) is 4.34. The van der Waals surface area contributed by atoms with E-state index in [2.05, 4.69) is 42.5 Å². The fraction of sp³-hybridized carbons (Fsp3) is 0.688. The fourth-order valence-electron chi connectivity index (χ4n) is 3.06. The van der Waals surface area contributed by atoms with Crippen molar-refractivity contribution >= 4 is 0 Å². The molecular weight excluding hydrogens is 220 g/mol. The Kier molecular flexibility index (Phi) is 4.76. The maximum atomic E-state index is 4.32. The molecule has 0 unspecified atom stereocenters. The third-order valence-electron chi connectivity index (χ3n) is 4.40. The maximum Gasteiger partial charge on any atom is 0.0306 e. The first-order chi connectivity index (χ1) is 8.77. The number of hydrogen-bond acceptors (Lipinski definition) is 2. The first-order valence-electron chi connectivity index (χ1n) is 7.38. The molecular formula is C16H26N2. The molecule has 100 valence electrons. The third kappa shape index (κ3) is 3.11. The minimum atomic E-state index is 0.329. The Morgan fingerprint density at radius 1 is 1.39 bits per heavy atom. The fourth-order valence-corrected chi connectivity index (χ4v) is 3.06. The summed E-state index contributed by atoms with van der Waals surface area (Å²) < 4.78 is 0. The molecule has 1 aromatic rings. The second-order valence-corrected chi connectivity index (χ2v) is 5.88. The quantitative estimate of drug-likeness (QED) is 0.804. The molecule has 0 radical (unpaired) electrons. The molecule has 18 heavy (non-hydrogen) atoms. The molecule has 0 spiro atoms. The summed E-state index contributed by atoms with van der Waals surface area (Å²) in [5, 5.41) is 3.63. The normalized spacial score (nSPS) is 28.2. The van der Waals surface area contributed by atoms with Gasteiger partial charge < -0.3 is 5.32 Å². The van der Waals surface area contributed by atoms with Crippen LogP contribution in [0.4, 0.5) is 0 Å². The van der Waals surface area contributed by atoms with Gasteiger partial charge in [-0.2, -0.15) is 0 Å². The molecule has 2 heteroatoms. The highest BCUT2D eigenvalue weighted by atomic mass is 14.9. The minimum absolute atomic E-state index is 0.329. The number of rotatable bonds is 5. The summed E-state index contributed by atoms with van der Waals surface area (Å²) in [6.45, 7) is 6.84. The van der Waals surface area contributed by atoms with Gasteiger partial charge in [0, 0.05) is 24.4 Å². The van der Waals surface area contributed by atoms with E-state index in [-0.39, 0.29) is 0 Å². The standard InChI is InChI=1S/C16H26N2/c1-3-10-18-13-16(8-6-14(2)7-9-16)15-5-4-11-17-12-15/h4-5,11-12,14,18H,3,6-10,13H2,1-2H3. The Morgan fingerprint density at radius 3 is 2.78 bits per heavy atom. The van der Waals surface area contributed by atoms with Crippen molar-refractivity contribution in [3.05, 3.63) is 30.1 Å². The molecule has 1 fully saturated rings. The molecule has 1 aliphatic rings. The molecule has 1 aliphatic carbocycles. The molecule has 0 amide bonds. The highest BCUT2D eigenvalue weighted by Gasteiger charge is 2.35. The van der Waals surface area contributed by atoms with Gasteiger partial charge in [-0.05, 0) is 56.2 Å². The van der Waals surface area contributed by atoms with Crippen LogP contribution in [0.5, 0.6) is 0 Å². The van der Waals surface area contributed by atoms with Crippen molar-refractivity contribution in [2.24, 2.45) is 5.92 Å². The van der Waals surface area contributed by atoms with E-state index in [4.69, 9.17) is 0 Å². The highest BCUT2D eigenvalue weighted by molar-refractivity contribution is 5.23. The van der Waals surface area contributed by atoms with Crippen LogP contribution in [0, 0.1) is 5.92 Å². The summed E-state index contributed by atoms with van der Waals surface area (Å²) in [4.78, 5) is 4.32. The van der Waals surface area contributed by atoms with E-state index >= 15 is 0 Å². The smallest absolute Gasteiger partial charge is 0.0306 e. The minimum Gasteiger partial charge on any atom is -0.316 e. The van der Waals surface area contributed by atoms with Gasteiger partial charge in [0.05, 0.1) is 0 Å². The van der Waals surface area contributed by atoms with Gasteiger partial charge >= 0.3 is 0 Å². The lowest BCUT2D eigenvalue weighted by Crippen LogP contribution is -2.41. The van der Waals surface area contributed by atoms with Crippen molar-refractivity contribution in [3.63, 3.8) is 0 Å². The number of pyridine rings is 1. The van der Waals surface area contributed by atoms with Crippen molar-refractivity contribution in [2.75, 3.05) is 13.1 Å². The van der Waals surface area contributed by atoms with Crippen LogP contribution in [-0.2, 0) is 5.41 Å². The van der Waals surface area contributed by atoms with Crippen LogP contribution in [0.1, 0.15) is 51.5 Å². The monoisotopic (exact) mass is 246 g/mol. The van der Waals surface area contributed by atoms with E-state index < -0.39 is 0 Å². The summed E-state index contributed by atoms with van der Waals surface area (Å²) in [5.41, 5.74) is 1.76. The van der Waals surface area contributed by atoms with Gasteiger partial charge in [0.25, 0.3) is 0 Å². The number of aromatic nitrogens is 1. The van der Waals surface area contributed by atoms with Crippen molar-refractivity contribution in [1.29, 1.82) is 0 Å². The first kappa shape index (κ1) is 13.5. The zero-order valence-corrected chi connectivity index (χ0v) is 11.8. The molecule has 1 N–H and O–H groups in total. The van der Waals surface area contributed by atoms with Crippen LogP contribution >= 0.6 is 0 Å². The summed E-state index contributed by atoms with van der Waals surface area (Å²) in [7, 11) is 0. The van der Waals surface area contributed by atoms with E-state index in [0.29, 0.717) is 5.41 Å². The van der Waals surface area contributed by atoms with Gasteiger partial charge in [-0.15, -0.1) is 0 Å². The summed E-state index contributed by atoms with van der Waals surface area (Å²) >= 11 is 0. The third-order valence-corrected chi connectivity index (χ3v) is 4.40. The van der Waals surface area contributed by atoms with Crippen molar-refractivity contribution in [1.82, 2.24) is 10.3 Å². The Bertz CT molecular complexity index is 339. The largest absolute Gasteiger partial charge is 0.316 e. The van der Waals surface area contributed by atoms with Crippen LogP contribution < -0.4 is 5.32 Å². The number of nitrogens with one attached hydrogen (secondary N) is 1. The van der Waals surface area contributed by atoms with Crippen LogP contribution in [0.3, 0.4) is 0 Å². The van der Waals surface area contributed by atoms with Gasteiger partial charge in [-0.25, -0.2) is 0 Å². The second-order valence-electron chi connectivity index (χ2n) is 5.88. The predicted octanol–water partition coefficient (Wildman–Crippen LogP) is 3.53. The zero-order chi connectivity index (χ0) is 12.8. The topological polar surface area (TPSA) is 24.9 Å². The van der Waals surface area contributed by atoms with E-state index in [1.807, 2.05) is 6.20 Å². The van der Waals surface area contributed by atoms with E-state index in [0.717, 1.165) is 19.0 Å². The maximum absolute atomic E-state index is 4.32. The lowest BCUT2D eigenvalue weighted by Gasteiger charge is -2.40. The predicted molar refractivity (Wildman–Crippen MR) is 76.7 cm³/mol. The van der Waals surface area contributed by atoms with E-state index in [1.54, 1.807) is 0 Å². The van der Waals surface area contributed by atoms with E-state index in [1.165, 1.54) is 37.7 Å². The Balaban J connectivity index is 2.12. The van der Waals surface area contributed by atoms with Gasteiger partial charge in [0.1, 0.15) is 0 Å². The SMILES string of the molecule is CCCNCC1(c2cccnc2)CCC(C)CC1. The zero-order valence-electron chi connectivity index (χ0n) is 11.8. The Hall–Kier alpha value is -0.890. The van der Waals surface area contributed by atoms with Crippen molar-refractivity contribution in [3.8, 4) is 0 Å². The van der Waals surface area contributed by atoms with Crippen molar-refractivity contribution in [2.45, 2.75) is 51.4 Å². The molecule has 1 aromatic heterocycles. The lowest BCUT2D eigenvalue weighted by atomic mass is 9.67. The van der Waals surface area contributed by atoms with Gasteiger partial charge in [0.2, 0.25) is 0 Å². The number of nitrogens with zero attached hydrogens (tertiary/aromatic N) is 1. The van der Waals surface area contributed by atoms with Crippen molar-refractivity contribution < 1.29 is 0 Å². The van der Waals surface area contributed by atoms with Crippen LogP contribution in [0.25, 0.3) is 0 Å². The second kappa shape index (κ2) is 6.33. The average molecular weight is 246 g/mol. The molecule has 0 aromatic carbocycles. The molecule has 0 saturated heterocycles. The Morgan fingerprint density at radius 2 is 2.17 bits per heavy atom. The molecule has 2 rings (SSSR count). The van der Waals surface area contributed by atoms with E-state index in [9.17, 15) is 0 Å².